The number of aromatic nitrogens is 1. The fraction of sp³-hybridized carbons (Fsp3) is 0.308. The Labute approximate surface area is 105 Å². The van der Waals surface area contributed by atoms with Crippen molar-refractivity contribution >= 4 is 28.3 Å². The van der Waals surface area contributed by atoms with E-state index in [0.717, 1.165) is 41.3 Å². The molecule has 1 aliphatic rings. The molecular weight excluding hydrogens is 234 g/mol. The molecule has 1 aromatic heterocycles. The van der Waals surface area contributed by atoms with Gasteiger partial charge in [-0.3, -0.25) is 4.99 Å². The zero-order valence-electron chi connectivity index (χ0n) is 9.68. The quantitative estimate of drug-likeness (QED) is 0.842. The van der Waals surface area contributed by atoms with Crippen LogP contribution in [0.4, 0.5) is 0 Å². The highest BCUT2D eigenvalue weighted by Crippen LogP contribution is 2.26. The lowest BCUT2D eigenvalue weighted by Gasteiger charge is -2.03. The fourth-order valence-electron chi connectivity index (χ4n) is 2.32. The standard InChI is InChI=1S/C13H14ClN3/c1-2-10-12(13-15-5-6-16-13)9-7-8(14)3-4-11(9)17-10/h3-4,7,17H,2,5-6H2,1H3,(H,15,16). The van der Waals surface area contributed by atoms with Crippen molar-refractivity contribution in [3.05, 3.63) is 34.5 Å². The lowest BCUT2D eigenvalue weighted by Crippen LogP contribution is -2.20. The monoisotopic (exact) mass is 247 g/mol. The van der Waals surface area contributed by atoms with E-state index in [1.54, 1.807) is 0 Å². The third-order valence-corrected chi connectivity index (χ3v) is 3.34. The minimum absolute atomic E-state index is 0.763. The van der Waals surface area contributed by atoms with Crippen molar-refractivity contribution in [2.24, 2.45) is 4.99 Å². The average molecular weight is 248 g/mol. The predicted octanol–water partition coefficient (Wildman–Crippen LogP) is 2.73. The highest BCUT2D eigenvalue weighted by Gasteiger charge is 2.17. The van der Waals surface area contributed by atoms with Crippen molar-refractivity contribution in [1.82, 2.24) is 10.3 Å². The van der Waals surface area contributed by atoms with Crippen LogP contribution >= 0.6 is 11.6 Å². The Kier molecular flexibility index (Phi) is 2.56. The number of fused-ring (bicyclic) bond motifs is 1. The van der Waals surface area contributed by atoms with Crippen LogP contribution < -0.4 is 5.32 Å². The normalized spacial score (nSPS) is 15.1. The number of aliphatic imine (C=N–C) groups is 1. The first-order valence-corrected chi connectivity index (χ1v) is 6.26. The van der Waals surface area contributed by atoms with Gasteiger partial charge in [0, 0.05) is 33.7 Å². The van der Waals surface area contributed by atoms with Crippen molar-refractivity contribution in [1.29, 1.82) is 0 Å². The molecule has 0 spiro atoms. The van der Waals surface area contributed by atoms with E-state index in [1.807, 2.05) is 18.2 Å². The van der Waals surface area contributed by atoms with E-state index in [9.17, 15) is 0 Å². The van der Waals surface area contributed by atoms with Gasteiger partial charge in [0.25, 0.3) is 0 Å². The number of amidine groups is 1. The Morgan fingerprint density at radius 2 is 2.29 bits per heavy atom. The summed E-state index contributed by atoms with van der Waals surface area (Å²) in [5.74, 6) is 0.996. The van der Waals surface area contributed by atoms with Crippen LogP contribution in [0.2, 0.25) is 5.02 Å². The number of hydrogen-bond acceptors (Lipinski definition) is 2. The molecule has 2 heterocycles. The van der Waals surface area contributed by atoms with Crippen LogP contribution in [0, 0.1) is 0 Å². The molecule has 2 aromatic rings. The molecule has 1 aliphatic heterocycles. The first-order chi connectivity index (χ1) is 8.29. The third kappa shape index (κ3) is 1.71. The molecule has 3 nitrogen and oxygen atoms in total. The van der Waals surface area contributed by atoms with Gasteiger partial charge in [0.2, 0.25) is 0 Å². The van der Waals surface area contributed by atoms with Crippen LogP contribution in [0.15, 0.2) is 23.2 Å². The van der Waals surface area contributed by atoms with E-state index < -0.39 is 0 Å². The molecule has 4 heteroatoms. The maximum absolute atomic E-state index is 6.08. The molecule has 3 rings (SSSR count). The molecule has 17 heavy (non-hydrogen) atoms. The second-order valence-corrected chi connectivity index (χ2v) is 4.62. The van der Waals surface area contributed by atoms with E-state index in [2.05, 4.69) is 22.2 Å². The van der Waals surface area contributed by atoms with Gasteiger partial charge in [-0.2, -0.15) is 0 Å². The number of hydrogen-bond donors (Lipinski definition) is 2. The molecule has 0 fully saturated rings. The zero-order valence-corrected chi connectivity index (χ0v) is 10.4. The Hall–Kier alpha value is -1.48. The molecule has 2 N–H and O–H groups in total. The molecule has 0 unspecified atom stereocenters. The van der Waals surface area contributed by atoms with Crippen molar-refractivity contribution in [2.45, 2.75) is 13.3 Å². The maximum Gasteiger partial charge on any atom is 0.130 e. The van der Waals surface area contributed by atoms with Crippen LogP contribution in [0.5, 0.6) is 0 Å². The third-order valence-electron chi connectivity index (χ3n) is 3.10. The number of halogens is 1. The smallest absolute Gasteiger partial charge is 0.130 e. The number of H-pyrrole nitrogens is 1. The Morgan fingerprint density at radius 1 is 1.41 bits per heavy atom. The minimum Gasteiger partial charge on any atom is -0.368 e. The van der Waals surface area contributed by atoms with Crippen LogP contribution in [-0.2, 0) is 6.42 Å². The largest absolute Gasteiger partial charge is 0.368 e. The van der Waals surface area contributed by atoms with Gasteiger partial charge < -0.3 is 10.3 Å². The maximum atomic E-state index is 6.08. The first kappa shape index (κ1) is 10.7. The lowest BCUT2D eigenvalue weighted by molar-refractivity contribution is 0.958. The number of nitrogens with one attached hydrogen (secondary N) is 2. The zero-order chi connectivity index (χ0) is 11.8. The number of benzene rings is 1. The van der Waals surface area contributed by atoms with Crippen LogP contribution in [0.1, 0.15) is 18.2 Å². The van der Waals surface area contributed by atoms with Gasteiger partial charge in [-0.05, 0) is 24.6 Å². The molecular formula is C13H14ClN3. The van der Waals surface area contributed by atoms with E-state index >= 15 is 0 Å². The van der Waals surface area contributed by atoms with E-state index in [-0.39, 0.29) is 0 Å². The topological polar surface area (TPSA) is 40.2 Å². The molecule has 1 aromatic carbocycles. The number of aromatic amines is 1. The summed E-state index contributed by atoms with van der Waals surface area (Å²) in [5, 5.41) is 5.25. The Morgan fingerprint density at radius 3 is 3.00 bits per heavy atom. The molecule has 0 aliphatic carbocycles. The van der Waals surface area contributed by atoms with Crippen molar-refractivity contribution in [3.8, 4) is 0 Å². The summed E-state index contributed by atoms with van der Waals surface area (Å²) in [6.45, 7) is 3.92. The van der Waals surface area contributed by atoms with Crippen LogP contribution in [0.3, 0.4) is 0 Å². The van der Waals surface area contributed by atoms with Gasteiger partial charge in [-0.15, -0.1) is 0 Å². The van der Waals surface area contributed by atoms with E-state index in [1.165, 1.54) is 11.3 Å². The summed E-state index contributed by atoms with van der Waals surface area (Å²) in [5.41, 5.74) is 3.52. The van der Waals surface area contributed by atoms with Gasteiger partial charge in [-0.25, -0.2) is 0 Å². The molecule has 0 amide bonds. The van der Waals surface area contributed by atoms with Gasteiger partial charge in [0.15, 0.2) is 0 Å². The van der Waals surface area contributed by atoms with Gasteiger partial charge >= 0.3 is 0 Å². The van der Waals surface area contributed by atoms with Crippen LogP contribution in [-0.4, -0.2) is 23.9 Å². The number of aryl methyl sites for hydroxylation is 1. The summed E-state index contributed by atoms with van der Waals surface area (Å²) in [6.07, 6.45) is 0.961. The number of nitrogens with zero attached hydrogens (tertiary/aromatic N) is 1. The second kappa shape index (κ2) is 4.08. The molecule has 0 saturated heterocycles. The first-order valence-electron chi connectivity index (χ1n) is 5.88. The highest BCUT2D eigenvalue weighted by molar-refractivity contribution is 6.31. The van der Waals surface area contributed by atoms with Crippen molar-refractivity contribution in [3.63, 3.8) is 0 Å². The number of rotatable bonds is 2. The van der Waals surface area contributed by atoms with Crippen molar-refractivity contribution < 1.29 is 0 Å². The highest BCUT2D eigenvalue weighted by atomic mass is 35.5. The fourth-order valence-corrected chi connectivity index (χ4v) is 2.49. The van der Waals surface area contributed by atoms with Crippen molar-refractivity contribution in [2.75, 3.05) is 13.1 Å². The summed E-state index contributed by atoms with van der Waals surface area (Å²) in [4.78, 5) is 7.95. The van der Waals surface area contributed by atoms with E-state index in [0.29, 0.717) is 0 Å². The molecule has 0 radical (unpaired) electrons. The van der Waals surface area contributed by atoms with Gasteiger partial charge in [0.05, 0.1) is 6.54 Å². The Bertz CT molecular complexity index is 598. The predicted molar refractivity (Wildman–Crippen MR) is 72.1 cm³/mol. The Balaban J connectivity index is 2.28. The summed E-state index contributed by atoms with van der Waals surface area (Å²) < 4.78 is 0. The van der Waals surface area contributed by atoms with E-state index in [4.69, 9.17) is 11.6 Å². The average Bonchev–Trinajstić information content (AvgIpc) is 2.93. The molecule has 88 valence electrons. The van der Waals surface area contributed by atoms with Gasteiger partial charge in [0.1, 0.15) is 5.84 Å². The molecule has 0 bridgehead atoms. The molecule has 0 saturated carbocycles. The second-order valence-electron chi connectivity index (χ2n) is 4.18. The lowest BCUT2D eigenvalue weighted by atomic mass is 10.1. The SMILES string of the molecule is CCc1[nH]c2ccc(Cl)cc2c1C1=NCCN1. The molecule has 0 atom stereocenters. The minimum atomic E-state index is 0.763. The van der Waals surface area contributed by atoms with Crippen LogP contribution in [0.25, 0.3) is 10.9 Å². The van der Waals surface area contributed by atoms with Gasteiger partial charge in [-0.1, -0.05) is 18.5 Å². The summed E-state index contributed by atoms with van der Waals surface area (Å²) in [7, 11) is 0. The summed E-state index contributed by atoms with van der Waals surface area (Å²) >= 11 is 6.08. The summed E-state index contributed by atoms with van der Waals surface area (Å²) in [6, 6.07) is 5.94.